The molecule has 1 heterocycles. The highest BCUT2D eigenvalue weighted by Crippen LogP contribution is 2.13. The van der Waals surface area contributed by atoms with Gasteiger partial charge in [-0.2, -0.15) is 0 Å². The molecule has 0 saturated heterocycles. The smallest absolute Gasteiger partial charge is 0.176 e. The minimum Gasteiger partial charge on any atom is -0.382 e. The first-order valence-electron chi connectivity index (χ1n) is 6.61. The van der Waals surface area contributed by atoms with Crippen LogP contribution in [0.4, 0.5) is 0 Å². The van der Waals surface area contributed by atoms with E-state index in [4.69, 9.17) is 4.74 Å². The zero-order valence-electron chi connectivity index (χ0n) is 11.2. The molecule has 2 N–H and O–H groups in total. The van der Waals surface area contributed by atoms with Gasteiger partial charge in [-0.1, -0.05) is 12.1 Å². The molecule has 2 rings (SSSR count). The summed E-state index contributed by atoms with van der Waals surface area (Å²) in [5.41, 5.74) is 1.67. The van der Waals surface area contributed by atoms with E-state index < -0.39 is 0 Å². The van der Waals surface area contributed by atoms with Gasteiger partial charge in [0.2, 0.25) is 0 Å². The number of aromatic nitrogens is 1. The summed E-state index contributed by atoms with van der Waals surface area (Å²) in [5, 5.41) is 4.14. The van der Waals surface area contributed by atoms with Gasteiger partial charge in [0, 0.05) is 41.9 Å². The Morgan fingerprint density at radius 3 is 3.21 bits per heavy atom. The van der Waals surface area contributed by atoms with E-state index in [1.54, 1.807) is 6.20 Å². The standard InChI is InChI=1S/C15H19N2O2/c1-2-19-9-3-7-16-11-15(18)13-5-4-12-6-8-17-14(12)10-13/h4-5,8,10,16-17H,2-3,7,9,11H2,1H3. The van der Waals surface area contributed by atoms with Crippen molar-refractivity contribution >= 4 is 16.7 Å². The zero-order valence-corrected chi connectivity index (χ0v) is 11.2. The lowest BCUT2D eigenvalue weighted by atomic mass is 10.1. The van der Waals surface area contributed by atoms with Crippen LogP contribution in [0.15, 0.2) is 24.4 Å². The van der Waals surface area contributed by atoms with Crippen LogP contribution in [0.2, 0.25) is 0 Å². The highest BCUT2D eigenvalue weighted by Gasteiger charge is 2.06. The molecule has 4 nitrogen and oxygen atoms in total. The molecule has 0 aliphatic rings. The summed E-state index contributed by atoms with van der Waals surface area (Å²) in [6.45, 7) is 4.62. The van der Waals surface area contributed by atoms with Gasteiger partial charge < -0.3 is 15.0 Å². The summed E-state index contributed by atoms with van der Waals surface area (Å²) in [4.78, 5) is 15.0. The molecule has 0 saturated carbocycles. The quantitative estimate of drug-likeness (QED) is 0.564. The maximum atomic E-state index is 12.0. The Bertz CT molecular complexity index is 534. The summed E-state index contributed by atoms with van der Waals surface area (Å²) < 4.78 is 5.23. The van der Waals surface area contributed by atoms with Gasteiger partial charge in [0.25, 0.3) is 0 Å². The third kappa shape index (κ3) is 3.91. The van der Waals surface area contributed by atoms with E-state index in [0.717, 1.165) is 42.6 Å². The molecule has 0 unspecified atom stereocenters. The summed E-state index contributed by atoms with van der Waals surface area (Å²) in [6.07, 6.45) is 2.68. The van der Waals surface area contributed by atoms with Crippen LogP contribution in [0.1, 0.15) is 23.7 Å². The second kappa shape index (κ2) is 7.07. The number of hydrogen-bond acceptors (Lipinski definition) is 3. The molecule has 1 aromatic heterocycles. The van der Waals surface area contributed by atoms with Crippen molar-refractivity contribution in [3.63, 3.8) is 0 Å². The number of nitrogens with one attached hydrogen (secondary N) is 2. The Kier molecular flexibility index (Phi) is 5.12. The average molecular weight is 259 g/mol. The van der Waals surface area contributed by atoms with Crippen LogP contribution in [0.5, 0.6) is 0 Å². The van der Waals surface area contributed by atoms with Crippen molar-refractivity contribution in [3.8, 4) is 0 Å². The van der Waals surface area contributed by atoms with Crippen LogP contribution >= 0.6 is 0 Å². The number of rotatable bonds is 8. The predicted octanol–water partition coefficient (Wildman–Crippen LogP) is 2.17. The number of fused-ring (bicyclic) bond motifs is 1. The van der Waals surface area contributed by atoms with E-state index in [1.807, 2.05) is 25.1 Å². The molecule has 0 atom stereocenters. The first-order chi connectivity index (χ1) is 9.31. The molecule has 1 aromatic carbocycles. The largest absolute Gasteiger partial charge is 0.382 e. The van der Waals surface area contributed by atoms with E-state index in [2.05, 4.69) is 16.4 Å². The molecule has 4 heteroatoms. The van der Waals surface area contributed by atoms with Gasteiger partial charge in [0.05, 0.1) is 6.54 Å². The fourth-order valence-corrected chi connectivity index (χ4v) is 1.90. The first-order valence-corrected chi connectivity index (χ1v) is 6.61. The lowest BCUT2D eigenvalue weighted by molar-refractivity contribution is 0.0988. The molecular formula is C15H19N2O2. The van der Waals surface area contributed by atoms with Gasteiger partial charge >= 0.3 is 0 Å². The van der Waals surface area contributed by atoms with Crippen LogP contribution < -0.4 is 5.32 Å². The Hall–Kier alpha value is -1.65. The summed E-state index contributed by atoms with van der Waals surface area (Å²) in [5.74, 6) is 0.105. The molecular weight excluding hydrogens is 240 g/mol. The zero-order chi connectivity index (χ0) is 13.5. The minimum absolute atomic E-state index is 0.105. The summed E-state index contributed by atoms with van der Waals surface area (Å²) in [7, 11) is 0. The van der Waals surface area contributed by atoms with Gasteiger partial charge in [-0.3, -0.25) is 4.79 Å². The molecule has 101 valence electrons. The van der Waals surface area contributed by atoms with E-state index in [9.17, 15) is 4.79 Å². The normalized spacial score (nSPS) is 11.0. The predicted molar refractivity (Wildman–Crippen MR) is 75.4 cm³/mol. The highest BCUT2D eigenvalue weighted by atomic mass is 16.5. The highest BCUT2D eigenvalue weighted by molar-refractivity contribution is 6.00. The topological polar surface area (TPSA) is 54.1 Å². The number of hydrogen-bond donors (Lipinski definition) is 2. The fraction of sp³-hybridized carbons (Fsp3) is 0.400. The Morgan fingerprint density at radius 1 is 1.47 bits per heavy atom. The number of aromatic amines is 1. The maximum Gasteiger partial charge on any atom is 0.176 e. The maximum absolute atomic E-state index is 12.0. The van der Waals surface area contributed by atoms with Gasteiger partial charge in [-0.05, 0) is 26.0 Å². The third-order valence-corrected chi connectivity index (χ3v) is 2.93. The molecule has 0 fully saturated rings. The molecule has 0 aliphatic heterocycles. The van der Waals surface area contributed by atoms with Crippen molar-refractivity contribution < 1.29 is 9.53 Å². The number of H-pyrrole nitrogens is 1. The number of benzene rings is 1. The average Bonchev–Trinajstić information content (AvgIpc) is 2.89. The monoisotopic (exact) mass is 259 g/mol. The number of carbonyl (C=O) groups is 1. The summed E-state index contributed by atoms with van der Waals surface area (Å²) >= 11 is 0. The number of ketones is 1. The van der Waals surface area contributed by atoms with Crippen LogP contribution in [-0.2, 0) is 4.74 Å². The fourth-order valence-electron chi connectivity index (χ4n) is 1.90. The second-order valence-corrected chi connectivity index (χ2v) is 4.34. The Balaban J connectivity index is 1.79. The van der Waals surface area contributed by atoms with Gasteiger partial charge in [-0.25, -0.2) is 0 Å². The molecule has 19 heavy (non-hydrogen) atoms. The van der Waals surface area contributed by atoms with Crippen LogP contribution in [-0.4, -0.2) is 37.1 Å². The number of ether oxygens (including phenoxy) is 1. The lowest BCUT2D eigenvalue weighted by Gasteiger charge is -2.05. The molecule has 0 bridgehead atoms. The van der Waals surface area contributed by atoms with Crippen molar-refractivity contribution in [2.24, 2.45) is 0 Å². The molecule has 0 spiro atoms. The lowest BCUT2D eigenvalue weighted by Crippen LogP contribution is -2.24. The second-order valence-electron chi connectivity index (χ2n) is 4.34. The van der Waals surface area contributed by atoms with Crippen molar-refractivity contribution in [2.45, 2.75) is 13.3 Å². The van der Waals surface area contributed by atoms with Gasteiger partial charge in [0.15, 0.2) is 5.78 Å². The van der Waals surface area contributed by atoms with Crippen LogP contribution in [0.25, 0.3) is 10.9 Å². The third-order valence-electron chi connectivity index (χ3n) is 2.93. The van der Waals surface area contributed by atoms with Gasteiger partial charge in [0.1, 0.15) is 0 Å². The molecule has 0 amide bonds. The minimum atomic E-state index is 0.105. The molecule has 1 radical (unpaired) electrons. The number of carbonyl (C=O) groups excluding carboxylic acids is 1. The van der Waals surface area contributed by atoms with E-state index in [1.165, 1.54) is 0 Å². The van der Waals surface area contributed by atoms with Crippen molar-refractivity contribution in [3.05, 3.63) is 36.0 Å². The Morgan fingerprint density at radius 2 is 2.37 bits per heavy atom. The van der Waals surface area contributed by atoms with E-state index in [0.29, 0.717) is 6.54 Å². The van der Waals surface area contributed by atoms with E-state index >= 15 is 0 Å². The van der Waals surface area contributed by atoms with Crippen molar-refractivity contribution in [2.75, 3.05) is 26.3 Å². The van der Waals surface area contributed by atoms with Gasteiger partial charge in [-0.15, -0.1) is 0 Å². The van der Waals surface area contributed by atoms with Crippen molar-refractivity contribution in [1.82, 2.24) is 10.3 Å². The van der Waals surface area contributed by atoms with Crippen LogP contribution in [0.3, 0.4) is 0 Å². The molecule has 0 aliphatic carbocycles. The number of Topliss-reactive ketones (excluding diaryl/α,β-unsaturated/α-hetero) is 1. The summed E-state index contributed by atoms with van der Waals surface area (Å²) in [6, 6.07) is 8.69. The SMILES string of the molecule is CCOCCCNCC(=O)c1ccc2[c]c[nH]c2c1. The Labute approximate surface area is 113 Å². The van der Waals surface area contributed by atoms with Crippen LogP contribution in [0, 0.1) is 6.07 Å². The van der Waals surface area contributed by atoms with E-state index in [-0.39, 0.29) is 5.78 Å². The molecule has 2 aromatic rings. The first kappa shape index (κ1) is 13.8. The van der Waals surface area contributed by atoms with Crippen molar-refractivity contribution in [1.29, 1.82) is 0 Å².